The second-order valence-corrected chi connectivity index (χ2v) is 7.85. The highest BCUT2D eigenvalue weighted by Crippen LogP contribution is 2.30. The van der Waals surface area contributed by atoms with Crippen LogP contribution in [0.5, 0.6) is 0 Å². The van der Waals surface area contributed by atoms with E-state index in [1.54, 1.807) is 11.3 Å². The predicted octanol–water partition coefficient (Wildman–Crippen LogP) is 4.40. The van der Waals surface area contributed by atoms with Gasteiger partial charge in [-0.15, -0.1) is 11.3 Å². The van der Waals surface area contributed by atoms with Crippen LogP contribution in [-0.4, -0.2) is 17.1 Å². The zero-order chi connectivity index (χ0) is 13.9. The molecule has 2 heterocycles. The van der Waals surface area contributed by atoms with Gasteiger partial charge in [-0.05, 0) is 52.7 Å². The highest BCUT2D eigenvalue weighted by atomic mass is 79.9. The normalized spacial score (nSPS) is 24.6. The van der Waals surface area contributed by atoms with Crippen LogP contribution in [0, 0.1) is 0 Å². The molecular weight excluding hydrogens is 356 g/mol. The Hall–Kier alpha value is -0.590. The molecule has 0 spiro atoms. The maximum Gasteiger partial charge on any atom is 0.264 e. The first-order chi connectivity index (χ1) is 9.70. The summed E-state index contributed by atoms with van der Waals surface area (Å²) in [6, 6.07) is 2.41. The summed E-state index contributed by atoms with van der Waals surface area (Å²) < 4.78 is 1.05. The molecule has 1 aliphatic heterocycles. The van der Waals surface area contributed by atoms with Crippen molar-refractivity contribution >= 4 is 56.2 Å². The molecule has 0 unspecified atom stereocenters. The van der Waals surface area contributed by atoms with E-state index < -0.39 is 0 Å². The van der Waals surface area contributed by atoms with Crippen LogP contribution in [0.4, 0.5) is 0 Å². The lowest BCUT2D eigenvalue weighted by Gasteiger charge is -2.17. The summed E-state index contributed by atoms with van der Waals surface area (Å²) in [5.41, 5.74) is 0. The van der Waals surface area contributed by atoms with Gasteiger partial charge in [0.25, 0.3) is 5.91 Å². The average molecular weight is 371 g/mol. The van der Waals surface area contributed by atoms with Gasteiger partial charge in [-0.3, -0.25) is 9.79 Å². The monoisotopic (exact) mass is 370 g/mol. The van der Waals surface area contributed by atoms with E-state index in [0.29, 0.717) is 6.04 Å². The molecule has 106 valence electrons. The van der Waals surface area contributed by atoms with Crippen molar-refractivity contribution in [2.75, 3.05) is 0 Å². The molecule has 1 aromatic heterocycles. The van der Waals surface area contributed by atoms with E-state index in [1.165, 1.54) is 31.0 Å². The molecule has 0 radical (unpaired) electrons. The number of carbonyl (C=O) groups is 1. The highest BCUT2D eigenvalue weighted by Gasteiger charge is 2.25. The molecule has 1 N–H and O–H groups in total. The van der Waals surface area contributed by atoms with Gasteiger partial charge in [0.2, 0.25) is 0 Å². The van der Waals surface area contributed by atoms with Gasteiger partial charge >= 0.3 is 0 Å². The zero-order valence-electron chi connectivity index (χ0n) is 10.9. The number of thiophene rings is 1. The molecular formula is C14H15BrN2OS2. The van der Waals surface area contributed by atoms with Crippen LogP contribution < -0.4 is 5.32 Å². The minimum absolute atomic E-state index is 0.0333. The number of nitrogens with one attached hydrogen (secondary N) is 1. The second-order valence-electron chi connectivity index (χ2n) is 4.96. The fourth-order valence-electron chi connectivity index (χ4n) is 2.40. The Morgan fingerprint density at radius 1 is 1.35 bits per heavy atom. The first kappa shape index (κ1) is 14.4. The Bertz CT molecular complexity index is 573. The van der Waals surface area contributed by atoms with Crippen LogP contribution in [0.1, 0.15) is 37.0 Å². The smallest absolute Gasteiger partial charge is 0.264 e. The molecule has 3 rings (SSSR count). The number of halogens is 1. The summed E-state index contributed by atoms with van der Waals surface area (Å²) in [4.78, 5) is 18.4. The molecule has 0 aromatic carbocycles. The Balaban J connectivity index is 1.71. The molecule has 2 fully saturated rings. The number of thioether (sulfide) groups is 1. The van der Waals surface area contributed by atoms with Crippen molar-refractivity contribution in [1.82, 2.24) is 5.32 Å². The van der Waals surface area contributed by atoms with Gasteiger partial charge in [0, 0.05) is 14.7 Å². The fourth-order valence-corrected chi connectivity index (χ4v) is 4.73. The van der Waals surface area contributed by atoms with E-state index in [9.17, 15) is 4.79 Å². The first-order valence-electron chi connectivity index (χ1n) is 6.73. The van der Waals surface area contributed by atoms with E-state index in [2.05, 4.69) is 26.2 Å². The number of hydrogen-bond acceptors (Lipinski definition) is 4. The molecule has 1 saturated carbocycles. The molecule has 1 saturated heterocycles. The summed E-state index contributed by atoms with van der Waals surface area (Å²) >= 11 is 6.50. The second kappa shape index (κ2) is 6.45. The van der Waals surface area contributed by atoms with Crippen molar-refractivity contribution in [3.05, 3.63) is 25.7 Å². The van der Waals surface area contributed by atoms with E-state index in [4.69, 9.17) is 0 Å². The van der Waals surface area contributed by atoms with E-state index >= 15 is 0 Å². The number of rotatable bonds is 2. The summed E-state index contributed by atoms with van der Waals surface area (Å²) in [6.45, 7) is 0. The average Bonchev–Trinajstić information content (AvgIpc) is 2.98. The topological polar surface area (TPSA) is 41.5 Å². The number of aliphatic imine (C=N–C) groups is 1. The number of carbonyl (C=O) groups excluding carboxylic acids is 1. The lowest BCUT2D eigenvalue weighted by molar-refractivity contribution is -0.115. The molecule has 1 aliphatic carbocycles. The van der Waals surface area contributed by atoms with Crippen molar-refractivity contribution in [1.29, 1.82) is 0 Å². The first-order valence-corrected chi connectivity index (χ1v) is 9.22. The molecule has 1 aromatic rings. The van der Waals surface area contributed by atoms with Crippen LogP contribution in [0.2, 0.25) is 0 Å². The Kier molecular flexibility index (Phi) is 4.63. The third kappa shape index (κ3) is 3.54. The minimum Gasteiger partial charge on any atom is -0.301 e. The maximum atomic E-state index is 11.9. The van der Waals surface area contributed by atoms with Crippen LogP contribution in [0.15, 0.2) is 25.8 Å². The van der Waals surface area contributed by atoms with Gasteiger partial charge in [-0.1, -0.05) is 19.3 Å². The lowest BCUT2D eigenvalue weighted by atomic mass is 9.96. The van der Waals surface area contributed by atoms with Gasteiger partial charge in [0.05, 0.1) is 10.9 Å². The molecule has 3 nitrogen and oxygen atoms in total. The van der Waals surface area contributed by atoms with Gasteiger partial charge < -0.3 is 5.32 Å². The van der Waals surface area contributed by atoms with E-state index in [0.717, 1.165) is 32.3 Å². The summed E-state index contributed by atoms with van der Waals surface area (Å²) in [6.07, 6.45) is 8.06. The van der Waals surface area contributed by atoms with E-state index in [-0.39, 0.29) is 5.91 Å². The Labute approximate surface area is 135 Å². The van der Waals surface area contributed by atoms with Gasteiger partial charge in [-0.25, -0.2) is 0 Å². The SMILES string of the molecule is O=C1NC(=NC2CCCCC2)S/C1=C/c1cc(Br)cs1. The molecule has 0 bridgehead atoms. The molecule has 0 atom stereocenters. The molecule has 2 aliphatic rings. The fraction of sp³-hybridized carbons (Fsp3) is 0.429. The number of hydrogen-bond donors (Lipinski definition) is 1. The van der Waals surface area contributed by atoms with Crippen LogP contribution >= 0.6 is 39.0 Å². The quantitative estimate of drug-likeness (QED) is 0.783. The van der Waals surface area contributed by atoms with Crippen LogP contribution in [0.25, 0.3) is 6.08 Å². The maximum absolute atomic E-state index is 11.9. The Morgan fingerprint density at radius 2 is 2.15 bits per heavy atom. The number of amidine groups is 1. The van der Waals surface area contributed by atoms with Crippen molar-refractivity contribution in [3.63, 3.8) is 0 Å². The minimum atomic E-state index is -0.0333. The number of nitrogens with zero attached hydrogens (tertiary/aromatic N) is 1. The van der Waals surface area contributed by atoms with Gasteiger partial charge in [-0.2, -0.15) is 0 Å². The zero-order valence-corrected chi connectivity index (χ0v) is 14.1. The summed E-state index contributed by atoms with van der Waals surface area (Å²) in [5.74, 6) is -0.0333. The van der Waals surface area contributed by atoms with Gasteiger partial charge in [0.15, 0.2) is 5.17 Å². The Morgan fingerprint density at radius 3 is 2.85 bits per heavy atom. The van der Waals surface area contributed by atoms with Crippen LogP contribution in [0.3, 0.4) is 0 Å². The van der Waals surface area contributed by atoms with Gasteiger partial charge in [0.1, 0.15) is 0 Å². The molecule has 1 amide bonds. The lowest BCUT2D eigenvalue weighted by Crippen LogP contribution is -2.22. The molecule has 6 heteroatoms. The largest absolute Gasteiger partial charge is 0.301 e. The summed E-state index contributed by atoms with van der Waals surface area (Å²) in [5, 5.41) is 5.66. The van der Waals surface area contributed by atoms with Crippen molar-refractivity contribution in [2.45, 2.75) is 38.1 Å². The van der Waals surface area contributed by atoms with Crippen molar-refractivity contribution in [3.8, 4) is 0 Å². The number of amides is 1. The van der Waals surface area contributed by atoms with Crippen molar-refractivity contribution in [2.24, 2.45) is 4.99 Å². The third-order valence-corrected chi connectivity index (χ3v) is 5.95. The van der Waals surface area contributed by atoms with E-state index in [1.807, 2.05) is 17.5 Å². The van der Waals surface area contributed by atoms with Crippen molar-refractivity contribution < 1.29 is 4.79 Å². The highest BCUT2D eigenvalue weighted by molar-refractivity contribution is 9.10. The third-order valence-electron chi connectivity index (χ3n) is 3.39. The van der Waals surface area contributed by atoms with Crippen LogP contribution in [-0.2, 0) is 4.79 Å². The standard InChI is InChI=1S/C14H15BrN2OS2/c15-9-6-11(19-8-9)7-12-13(18)17-14(20-12)16-10-4-2-1-3-5-10/h6-8,10H,1-5H2,(H,16,17,18)/b12-7+. The summed E-state index contributed by atoms with van der Waals surface area (Å²) in [7, 11) is 0. The molecule has 20 heavy (non-hydrogen) atoms. The predicted molar refractivity (Wildman–Crippen MR) is 90.0 cm³/mol.